The van der Waals surface area contributed by atoms with E-state index in [1.807, 2.05) is 18.2 Å². The fraction of sp³-hybridized carbons (Fsp3) is 0.294. The van der Waals surface area contributed by atoms with Gasteiger partial charge in [0.1, 0.15) is 5.82 Å². The smallest absolute Gasteiger partial charge is 0.258 e. The first-order chi connectivity index (χ1) is 21.9. The van der Waals surface area contributed by atoms with Gasteiger partial charge in [-0.05, 0) is 115 Å². The second kappa shape index (κ2) is 11.1. The number of phenols is 1. The van der Waals surface area contributed by atoms with E-state index in [4.69, 9.17) is 27.9 Å². The van der Waals surface area contributed by atoms with E-state index in [2.05, 4.69) is 22.6 Å². The summed E-state index contributed by atoms with van der Waals surface area (Å²) in [5, 5.41) is 10.5. The number of aromatic hydroxyl groups is 1. The Morgan fingerprint density at radius 3 is 2.24 bits per heavy atom. The number of carbonyl (C=O) groups excluding carboxylic acids is 4. The van der Waals surface area contributed by atoms with Crippen molar-refractivity contribution in [2.45, 2.75) is 35.4 Å². The van der Waals surface area contributed by atoms with Crippen LogP contribution >= 0.6 is 45.8 Å². The molecule has 12 heteroatoms. The van der Waals surface area contributed by atoms with Crippen LogP contribution < -0.4 is 14.5 Å². The van der Waals surface area contributed by atoms with Gasteiger partial charge in [0, 0.05) is 9.49 Å². The molecule has 3 aromatic rings. The fourth-order valence-electron chi connectivity index (χ4n) is 7.60. The Bertz CT molecular complexity index is 1850. The van der Waals surface area contributed by atoms with Crippen LogP contribution in [-0.2, 0) is 19.2 Å². The van der Waals surface area contributed by atoms with E-state index in [1.165, 1.54) is 23.1 Å². The SMILES string of the molecule is CCOc1cc([C@H]2C3=CC[C@@H]4C(=O)N(c5ccc(I)cc5)C(=O)[C@@H]4[C@@H]3C[C@@]3(Cl)C(=O)N(c4ccc(F)cc4)C(=O)[C@@]23Cl)ccc1O. The van der Waals surface area contributed by atoms with Gasteiger partial charge in [-0.3, -0.25) is 24.1 Å². The summed E-state index contributed by atoms with van der Waals surface area (Å²) in [6.45, 7) is 1.99. The molecule has 4 amide bonds. The lowest BCUT2D eigenvalue weighted by Gasteiger charge is -2.50. The van der Waals surface area contributed by atoms with E-state index >= 15 is 0 Å². The average Bonchev–Trinajstić information content (AvgIpc) is 3.37. The first kappa shape index (κ1) is 31.1. The highest BCUT2D eigenvalue weighted by atomic mass is 127. The van der Waals surface area contributed by atoms with Crippen molar-refractivity contribution in [1.82, 2.24) is 0 Å². The number of fused-ring (bicyclic) bond motifs is 4. The quantitative estimate of drug-likeness (QED) is 0.141. The van der Waals surface area contributed by atoms with Gasteiger partial charge in [0.2, 0.25) is 11.8 Å². The number of hydrogen-bond acceptors (Lipinski definition) is 6. The molecule has 3 fully saturated rings. The maximum atomic E-state index is 14.5. The van der Waals surface area contributed by atoms with Crippen LogP contribution in [0, 0.1) is 27.1 Å². The van der Waals surface area contributed by atoms with E-state index < -0.39 is 57.0 Å². The number of nitrogens with zero attached hydrogens (tertiary/aromatic N) is 2. The number of phenolic OH excluding ortho intramolecular Hbond substituents is 1. The minimum Gasteiger partial charge on any atom is -0.504 e. The molecule has 2 aliphatic carbocycles. The van der Waals surface area contributed by atoms with Gasteiger partial charge in [-0.2, -0.15) is 0 Å². The maximum Gasteiger partial charge on any atom is 0.258 e. The Balaban J connectivity index is 1.40. The summed E-state index contributed by atoms with van der Waals surface area (Å²) in [4.78, 5) is 54.7. The molecule has 0 bridgehead atoms. The molecule has 0 radical (unpaired) electrons. The highest BCUT2D eigenvalue weighted by molar-refractivity contribution is 14.1. The summed E-state index contributed by atoms with van der Waals surface area (Å²) in [6, 6.07) is 16.4. The summed E-state index contributed by atoms with van der Waals surface area (Å²) in [6.07, 6.45) is 1.85. The number of imide groups is 2. The molecule has 4 aliphatic rings. The molecule has 3 aromatic carbocycles. The number of anilines is 2. The van der Waals surface area contributed by atoms with Gasteiger partial charge in [0.15, 0.2) is 21.2 Å². The van der Waals surface area contributed by atoms with Crippen LogP contribution in [0.1, 0.15) is 31.2 Å². The van der Waals surface area contributed by atoms with Gasteiger partial charge in [-0.15, -0.1) is 23.2 Å². The molecule has 8 nitrogen and oxygen atoms in total. The number of hydrogen-bond donors (Lipinski definition) is 1. The number of amides is 4. The van der Waals surface area contributed by atoms with Crippen molar-refractivity contribution in [3.8, 4) is 11.5 Å². The van der Waals surface area contributed by atoms with Crippen molar-refractivity contribution >= 4 is 80.8 Å². The van der Waals surface area contributed by atoms with Crippen molar-refractivity contribution in [2.24, 2.45) is 17.8 Å². The van der Waals surface area contributed by atoms with Gasteiger partial charge < -0.3 is 9.84 Å². The zero-order chi connectivity index (χ0) is 32.7. The predicted octanol–water partition coefficient (Wildman–Crippen LogP) is 6.30. The summed E-state index contributed by atoms with van der Waals surface area (Å²) in [5.74, 6) is -6.27. The molecule has 46 heavy (non-hydrogen) atoms. The van der Waals surface area contributed by atoms with Gasteiger partial charge in [0.05, 0.1) is 29.8 Å². The number of ether oxygens (including phenoxy) is 1. The molecule has 2 aliphatic heterocycles. The fourth-order valence-corrected chi connectivity index (χ4v) is 8.89. The average molecular weight is 775 g/mol. The van der Waals surface area contributed by atoms with Crippen LogP contribution in [0.25, 0.3) is 0 Å². The van der Waals surface area contributed by atoms with Gasteiger partial charge in [-0.25, -0.2) is 9.29 Å². The molecular weight excluding hydrogens is 749 g/mol. The van der Waals surface area contributed by atoms with Crippen molar-refractivity contribution in [3.05, 3.63) is 93.3 Å². The van der Waals surface area contributed by atoms with Crippen LogP contribution in [0.5, 0.6) is 11.5 Å². The minimum absolute atomic E-state index is 0.0946. The summed E-state index contributed by atoms with van der Waals surface area (Å²) in [5.41, 5.74) is 1.58. The molecule has 236 valence electrons. The predicted molar refractivity (Wildman–Crippen MR) is 178 cm³/mol. The Hall–Kier alpha value is -3.48. The molecule has 1 N–H and O–H groups in total. The third kappa shape index (κ3) is 4.29. The van der Waals surface area contributed by atoms with E-state index in [0.717, 1.165) is 20.6 Å². The first-order valence-electron chi connectivity index (χ1n) is 14.7. The van der Waals surface area contributed by atoms with Crippen molar-refractivity contribution in [2.75, 3.05) is 16.4 Å². The second-order valence-corrected chi connectivity index (χ2v) is 14.4. The number of benzene rings is 3. The Morgan fingerprint density at radius 1 is 0.913 bits per heavy atom. The summed E-state index contributed by atoms with van der Waals surface area (Å²) in [7, 11) is 0. The molecule has 2 heterocycles. The number of carbonyl (C=O) groups is 4. The monoisotopic (exact) mass is 774 g/mol. The molecule has 0 unspecified atom stereocenters. The van der Waals surface area contributed by atoms with Crippen LogP contribution in [0.15, 0.2) is 78.4 Å². The molecule has 0 aromatic heterocycles. The Labute approximate surface area is 287 Å². The number of rotatable bonds is 5. The van der Waals surface area contributed by atoms with E-state index in [0.29, 0.717) is 16.8 Å². The van der Waals surface area contributed by atoms with Crippen LogP contribution in [0.3, 0.4) is 0 Å². The Morgan fingerprint density at radius 2 is 1.57 bits per heavy atom. The summed E-state index contributed by atoms with van der Waals surface area (Å²) >= 11 is 16.9. The summed E-state index contributed by atoms with van der Waals surface area (Å²) < 4.78 is 20.4. The van der Waals surface area contributed by atoms with E-state index in [1.54, 1.807) is 31.2 Å². The molecule has 7 rings (SSSR count). The molecule has 2 saturated heterocycles. The molecule has 1 saturated carbocycles. The zero-order valence-corrected chi connectivity index (χ0v) is 27.9. The lowest BCUT2D eigenvalue weighted by atomic mass is 9.56. The van der Waals surface area contributed by atoms with Crippen molar-refractivity contribution < 1.29 is 33.4 Å². The third-order valence-electron chi connectivity index (χ3n) is 9.60. The number of allylic oxidation sites excluding steroid dienone is 2. The Kier molecular flexibility index (Phi) is 7.48. The first-order valence-corrected chi connectivity index (χ1v) is 16.6. The number of halogens is 4. The van der Waals surface area contributed by atoms with E-state index in [9.17, 15) is 28.7 Å². The van der Waals surface area contributed by atoms with Crippen LogP contribution in [0.2, 0.25) is 0 Å². The minimum atomic E-state index is -2.09. The van der Waals surface area contributed by atoms with Gasteiger partial charge in [-0.1, -0.05) is 17.7 Å². The van der Waals surface area contributed by atoms with E-state index in [-0.39, 0.29) is 42.5 Å². The lowest BCUT2D eigenvalue weighted by Crippen LogP contribution is -2.60. The topological polar surface area (TPSA) is 104 Å². The molecule has 0 spiro atoms. The maximum absolute atomic E-state index is 14.5. The van der Waals surface area contributed by atoms with Crippen LogP contribution in [-0.4, -0.2) is 45.1 Å². The van der Waals surface area contributed by atoms with Crippen molar-refractivity contribution in [1.29, 1.82) is 0 Å². The number of alkyl halides is 2. The lowest BCUT2D eigenvalue weighted by molar-refractivity contribution is -0.125. The molecule has 6 atom stereocenters. The van der Waals surface area contributed by atoms with Crippen molar-refractivity contribution in [3.63, 3.8) is 0 Å². The normalized spacial score (nSPS) is 30.2. The second-order valence-electron chi connectivity index (χ2n) is 11.9. The largest absolute Gasteiger partial charge is 0.504 e. The van der Waals surface area contributed by atoms with Gasteiger partial charge in [0.25, 0.3) is 11.8 Å². The van der Waals surface area contributed by atoms with Gasteiger partial charge >= 0.3 is 0 Å². The zero-order valence-electron chi connectivity index (χ0n) is 24.3. The highest BCUT2D eigenvalue weighted by Crippen LogP contribution is 2.66. The third-order valence-corrected chi connectivity index (χ3v) is 11.7. The molecular formula is C34H26Cl2FIN2O6. The highest BCUT2D eigenvalue weighted by Gasteiger charge is 2.76. The standard InChI is InChI=1S/C34H26Cl2FIN2O6/c1-2-46-26-15-17(3-14-25(26)41)28-22-12-13-23-27(30(43)39(29(23)42)20-10-6-19(38)7-11-20)24(22)16-33(35)31(44)40(32(45)34(28,33)36)21-8-4-18(37)5-9-21/h3-12,14-15,23-24,27-28,41H,2,13,16H2,1H3/t23-,24+,27-,28-,33+,34-/m0/s1. The van der Waals surface area contributed by atoms with Crippen LogP contribution in [0.4, 0.5) is 15.8 Å².